The van der Waals surface area contributed by atoms with Crippen molar-refractivity contribution in [1.29, 1.82) is 0 Å². The van der Waals surface area contributed by atoms with Gasteiger partial charge in [0.15, 0.2) is 5.16 Å². The minimum absolute atomic E-state index is 0.683. The van der Waals surface area contributed by atoms with Crippen LogP contribution in [-0.2, 0) is 6.54 Å². The highest BCUT2D eigenvalue weighted by atomic mass is 32.2. The molecule has 0 unspecified atom stereocenters. The molecule has 1 heterocycles. The summed E-state index contributed by atoms with van der Waals surface area (Å²) in [5, 5.41) is 1.07. The number of ether oxygens (including phenoxy) is 1. The summed E-state index contributed by atoms with van der Waals surface area (Å²) in [5.41, 5.74) is 3.44. The number of nitrogens with zero attached hydrogens (tertiary/aromatic N) is 2. The second-order valence-electron chi connectivity index (χ2n) is 5.09. The Hall–Kier alpha value is -1.94. The molecule has 3 rings (SSSR count). The molecule has 114 valence electrons. The number of aryl methyl sites for hydroxylation is 2. The molecule has 2 aromatic carbocycles. The van der Waals surface area contributed by atoms with E-state index in [4.69, 9.17) is 9.72 Å². The molecule has 0 aliphatic heterocycles. The van der Waals surface area contributed by atoms with E-state index in [0.29, 0.717) is 6.61 Å². The Bertz CT molecular complexity index is 767. The fraction of sp³-hybridized carbons (Fsp3) is 0.278. The number of benzene rings is 2. The van der Waals surface area contributed by atoms with E-state index >= 15 is 0 Å². The molecule has 0 bridgehead atoms. The SMILES string of the molecule is CCn1c(SCCOc2ccccc2C)nc2ccccc21. The molecular weight excluding hydrogens is 292 g/mol. The molecule has 0 atom stereocenters. The Morgan fingerprint density at radius 1 is 1.09 bits per heavy atom. The van der Waals surface area contributed by atoms with Gasteiger partial charge in [0.1, 0.15) is 5.75 Å². The average Bonchev–Trinajstić information content (AvgIpc) is 2.90. The van der Waals surface area contributed by atoms with Crippen molar-refractivity contribution in [3.05, 3.63) is 54.1 Å². The Balaban J connectivity index is 1.63. The van der Waals surface area contributed by atoms with Crippen LogP contribution >= 0.6 is 11.8 Å². The van der Waals surface area contributed by atoms with Crippen LogP contribution in [0, 0.1) is 6.92 Å². The molecule has 0 aliphatic rings. The van der Waals surface area contributed by atoms with Crippen LogP contribution in [0.1, 0.15) is 12.5 Å². The number of hydrogen-bond donors (Lipinski definition) is 0. The molecule has 0 radical (unpaired) electrons. The van der Waals surface area contributed by atoms with Crippen LogP contribution in [-0.4, -0.2) is 21.9 Å². The van der Waals surface area contributed by atoms with E-state index in [2.05, 4.69) is 42.7 Å². The van der Waals surface area contributed by atoms with Crippen LogP contribution in [0.15, 0.2) is 53.7 Å². The Kier molecular flexibility index (Phi) is 4.68. The van der Waals surface area contributed by atoms with Gasteiger partial charge in [-0.3, -0.25) is 0 Å². The maximum atomic E-state index is 5.85. The third-order valence-electron chi connectivity index (χ3n) is 3.60. The van der Waals surface area contributed by atoms with Gasteiger partial charge in [-0.05, 0) is 37.6 Å². The summed E-state index contributed by atoms with van der Waals surface area (Å²) < 4.78 is 8.11. The van der Waals surface area contributed by atoms with Crippen LogP contribution in [0.25, 0.3) is 11.0 Å². The van der Waals surface area contributed by atoms with Crippen molar-refractivity contribution in [1.82, 2.24) is 9.55 Å². The molecule has 0 spiro atoms. The molecule has 0 aliphatic carbocycles. The molecule has 22 heavy (non-hydrogen) atoms. The summed E-state index contributed by atoms with van der Waals surface area (Å²) in [4.78, 5) is 4.72. The predicted molar refractivity (Wildman–Crippen MR) is 92.8 cm³/mol. The summed E-state index contributed by atoms with van der Waals surface area (Å²) >= 11 is 1.75. The molecule has 0 amide bonds. The van der Waals surface area contributed by atoms with Crippen molar-refractivity contribution >= 4 is 22.8 Å². The number of imidazole rings is 1. The first-order chi connectivity index (χ1) is 10.8. The van der Waals surface area contributed by atoms with E-state index in [1.165, 1.54) is 11.1 Å². The van der Waals surface area contributed by atoms with Gasteiger partial charge < -0.3 is 9.30 Å². The standard InChI is InChI=1S/C18H20N2OS/c1-3-20-16-10-6-5-9-15(16)19-18(20)22-13-12-21-17-11-7-4-8-14(17)2/h4-11H,3,12-13H2,1-2H3. The lowest BCUT2D eigenvalue weighted by molar-refractivity contribution is 0.341. The summed E-state index contributed by atoms with van der Waals surface area (Å²) in [6, 6.07) is 16.4. The fourth-order valence-electron chi connectivity index (χ4n) is 2.47. The number of hydrogen-bond acceptors (Lipinski definition) is 3. The minimum Gasteiger partial charge on any atom is -0.492 e. The topological polar surface area (TPSA) is 27.1 Å². The fourth-order valence-corrected chi connectivity index (χ4v) is 3.37. The summed E-state index contributed by atoms with van der Waals surface area (Å²) in [5.74, 6) is 1.85. The lowest BCUT2D eigenvalue weighted by atomic mass is 10.2. The zero-order chi connectivity index (χ0) is 15.4. The first-order valence-electron chi connectivity index (χ1n) is 7.56. The van der Waals surface area contributed by atoms with Crippen LogP contribution in [0.4, 0.5) is 0 Å². The van der Waals surface area contributed by atoms with Gasteiger partial charge >= 0.3 is 0 Å². The monoisotopic (exact) mass is 312 g/mol. The van der Waals surface area contributed by atoms with Crippen LogP contribution in [0.5, 0.6) is 5.75 Å². The van der Waals surface area contributed by atoms with Gasteiger partial charge in [-0.25, -0.2) is 4.98 Å². The number of para-hydroxylation sites is 3. The maximum absolute atomic E-state index is 5.85. The summed E-state index contributed by atoms with van der Waals surface area (Å²) in [7, 11) is 0. The molecule has 0 saturated carbocycles. The van der Waals surface area contributed by atoms with Gasteiger partial charge in [0.2, 0.25) is 0 Å². The minimum atomic E-state index is 0.683. The van der Waals surface area contributed by atoms with Crippen molar-refractivity contribution in [2.45, 2.75) is 25.5 Å². The van der Waals surface area contributed by atoms with Gasteiger partial charge in [0.25, 0.3) is 0 Å². The van der Waals surface area contributed by atoms with Gasteiger partial charge in [-0.1, -0.05) is 42.1 Å². The highest BCUT2D eigenvalue weighted by Crippen LogP contribution is 2.24. The Morgan fingerprint density at radius 2 is 1.86 bits per heavy atom. The molecule has 4 heteroatoms. The van der Waals surface area contributed by atoms with E-state index in [1.807, 2.05) is 24.3 Å². The third-order valence-corrected chi connectivity index (χ3v) is 4.54. The van der Waals surface area contributed by atoms with Crippen LogP contribution in [0.3, 0.4) is 0 Å². The number of thioether (sulfide) groups is 1. The zero-order valence-corrected chi connectivity index (χ0v) is 13.8. The molecule has 3 nitrogen and oxygen atoms in total. The third kappa shape index (κ3) is 3.12. The van der Waals surface area contributed by atoms with Gasteiger partial charge in [0.05, 0.1) is 17.6 Å². The molecule has 3 aromatic rings. The first-order valence-corrected chi connectivity index (χ1v) is 8.54. The highest BCUT2D eigenvalue weighted by Gasteiger charge is 2.09. The quantitative estimate of drug-likeness (QED) is 0.494. The number of rotatable bonds is 6. The van der Waals surface area contributed by atoms with Crippen molar-refractivity contribution < 1.29 is 4.74 Å². The van der Waals surface area contributed by atoms with E-state index < -0.39 is 0 Å². The molecular formula is C18H20N2OS. The summed E-state index contributed by atoms with van der Waals surface area (Å²) in [6.45, 7) is 5.84. The number of aromatic nitrogens is 2. The molecule has 0 N–H and O–H groups in total. The Labute approximate surface area is 135 Å². The highest BCUT2D eigenvalue weighted by molar-refractivity contribution is 7.99. The van der Waals surface area contributed by atoms with Crippen molar-refractivity contribution in [2.24, 2.45) is 0 Å². The molecule has 0 saturated heterocycles. The largest absolute Gasteiger partial charge is 0.492 e. The smallest absolute Gasteiger partial charge is 0.169 e. The number of fused-ring (bicyclic) bond motifs is 1. The lowest BCUT2D eigenvalue weighted by Gasteiger charge is -2.09. The molecule has 0 fully saturated rings. The van der Waals surface area contributed by atoms with Crippen molar-refractivity contribution in [3.63, 3.8) is 0 Å². The normalized spacial score (nSPS) is 11.0. The van der Waals surface area contributed by atoms with Gasteiger partial charge in [0, 0.05) is 12.3 Å². The van der Waals surface area contributed by atoms with E-state index in [9.17, 15) is 0 Å². The molecule has 1 aromatic heterocycles. The van der Waals surface area contributed by atoms with E-state index in [0.717, 1.165) is 28.7 Å². The van der Waals surface area contributed by atoms with E-state index in [-0.39, 0.29) is 0 Å². The Morgan fingerprint density at radius 3 is 2.68 bits per heavy atom. The predicted octanol–water partition coefficient (Wildman–Crippen LogP) is 4.54. The van der Waals surface area contributed by atoms with Crippen LogP contribution in [0.2, 0.25) is 0 Å². The van der Waals surface area contributed by atoms with E-state index in [1.54, 1.807) is 11.8 Å². The van der Waals surface area contributed by atoms with Gasteiger partial charge in [-0.15, -0.1) is 0 Å². The average molecular weight is 312 g/mol. The van der Waals surface area contributed by atoms with Crippen molar-refractivity contribution in [2.75, 3.05) is 12.4 Å². The second-order valence-corrected chi connectivity index (χ2v) is 6.15. The second kappa shape index (κ2) is 6.88. The van der Waals surface area contributed by atoms with Crippen LogP contribution < -0.4 is 4.74 Å². The first kappa shape index (κ1) is 15.0. The lowest BCUT2D eigenvalue weighted by Crippen LogP contribution is -2.03. The zero-order valence-electron chi connectivity index (χ0n) is 13.0. The van der Waals surface area contributed by atoms with Crippen molar-refractivity contribution in [3.8, 4) is 5.75 Å². The maximum Gasteiger partial charge on any atom is 0.169 e. The van der Waals surface area contributed by atoms with Gasteiger partial charge in [-0.2, -0.15) is 0 Å². The summed E-state index contributed by atoms with van der Waals surface area (Å²) in [6.07, 6.45) is 0.